The number of hydrogen-bond donors (Lipinski definition) is 3. The molecule has 0 saturated carbocycles. The first kappa shape index (κ1) is 16.7. The van der Waals surface area contributed by atoms with Gasteiger partial charge in [0.2, 0.25) is 0 Å². The van der Waals surface area contributed by atoms with Crippen molar-refractivity contribution >= 4 is 12.1 Å². The Labute approximate surface area is 121 Å². The van der Waals surface area contributed by atoms with Crippen molar-refractivity contribution in [3.05, 3.63) is 29.6 Å². The van der Waals surface area contributed by atoms with Crippen molar-refractivity contribution < 1.29 is 28.9 Å². The number of rotatable bonds is 4. The summed E-state index contributed by atoms with van der Waals surface area (Å²) >= 11 is 0. The van der Waals surface area contributed by atoms with E-state index in [1.807, 2.05) is 0 Å². The number of phenolic OH excluding ortho intramolecular Hbond substituents is 1. The van der Waals surface area contributed by atoms with Crippen LogP contribution in [0, 0.1) is 5.82 Å². The van der Waals surface area contributed by atoms with E-state index in [4.69, 9.17) is 9.84 Å². The fraction of sp³-hybridized carbons (Fsp3) is 0.429. The molecule has 0 saturated heterocycles. The van der Waals surface area contributed by atoms with Crippen molar-refractivity contribution in [3.8, 4) is 5.75 Å². The number of nitrogens with one attached hydrogen (secondary N) is 1. The smallest absolute Gasteiger partial charge is 0.408 e. The number of carboxylic acid groups (broad SMARTS) is 1. The fourth-order valence-corrected chi connectivity index (χ4v) is 1.60. The number of aromatic hydroxyl groups is 1. The summed E-state index contributed by atoms with van der Waals surface area (Å²) in [6, 6.07) is 2.22. The van der Waals surface area contributed by atoms with Gasteiger partial charge in [0.1, 0.15) is 23.2 Å². The second-order valence-corrected chi connectivity index (χ2v) is 5.48. The van der Waals surface area contributed by atoms with E-state index in [0.29, 0.717) is 0 Å². The summed E-state index contributed by atoms with van der Waals surface area (Å²) in [6.07, 6.45) is -1.32. The zero-order chi connectivity index (χ0) is 16.2. The highest BCUT2D eigenvalue weighted by atomic mass is 19.1. The first-order chi connectivity index (χ1) is 9.60. The molecule has 0 fully saturated rings. The average molecular weight is 299 g/mol. The lowest BCUT2D eigenvalue weighted by Crippen LogP contribution is -2.44. The van der Waals surface area contributed by atoms with Gasteiger partial charge in [-0.1, -0.05) is 6.07 Å². The van der Waals surface area contributed by atoms with Crippen molar-refractivity contribution in [2.75, 3.05) is 0 Å². The van der Waals surface area contributed by atoms with Crippen molar-refractivity contribution in [1.82, 2.24) is 5.32 Å². The molecule has 1 amide bonds. The van der Waals surface area contributed by atoms with Crippen LogP contribution in [0.5, 0.6) is 5.75 Å². The van der Waals surface area contributed by atoms with E-state index in [0.717, 1.165) is 6.07 Å². The Morgan fingerprint density at radius 3 is 2.48 bits per heavy atom. The van der Waals surface area contributed by atoms with Crippen molar-refractivity contribution in [1.29, 1.82) is 0 Å². The number of amides is 1. The molecule has 7 heteroatoms. The van der Waals surface area contributed by atoms with Gasteiger partial charge in [-0.2, -0.15) is 0 Å². The molecule has 0 radical (unpaired) electrons. The lowest BCUT2D eigenvalue weighted by molar-refractivity contribution is -0.139. The second kappa shape index (κ2) is 6.43. The van der Waals surface area contributed by atoms with E-state index in [-0.39, 0.29) is 11.3 Å². The van der Waals surface area contributed by atoms with Crippen LogP contribution in [0.3, 0.4) is 0 Å². The number of carbonyl (C=O) groups excluding carboxylic acids is 1. The lowest BCUT2D eigenvalue weighted by atomic mass is 10.0. The maximum atomic E-state index is 13.6. The van der Waals surface area contributed by atoms with Crippen LogP contribution in [0.4, 0.5) is 9.18 Å². The van der Waals surface area contributed by atoms with Gasteiger partial charge in [-0.15, -0.1) is 0 Å². The van der Waals surface area contributed by atoms with Gasteiger partial charge in [0.15, 0.2) is 0 Å². The molecule has 1 atom stereocenters. The van der Waals surface area contributed by atoms with Gasteiger partial charge in [0.25, 0.3) is 0 Å². The van der Waals surface area contributed by atoms with Gasteiger partial charge in [-0.25, -0.2) is 14.0 Å². The average Bonchev–Trinajstić information content (AvgIpc) is 2.29. The number of aliphatic carboxylic acids is 1. The van der Waals surface area contributed by atoms with Crippen LogP contribution >= 0.6 is 0 Å². The SMILES string of the molecule is CC(C)(C)OC(=O)N[C@H](Cc1c(O)cccc1F)C(=O)O. The van der Waals surface area contributed by atoms with Crippen LogP contribution in [0.1, 0.15) is 26.3 Å². The van der Waals surface area contributed by atoms with Gasteiger partial charge in [-0.3, -0.25) is 0 Å². The number of carboxylic acids is 1. The quantitative estimate of drug-likeness (QED) is 0.790. The van der Waals surface area contributed by atoms with E-state index in [1.165, 1.54) is 12.1 Å². The third-order valence-corrected chi connectivity index (χ3v) is 2.49. The van der Waals surface area contributed by atoms with Gasteiger partial charge in [0.05, 0.1) is 0 Å². The monoisotopic (exact) mass is 299 g/mol. The molecule has 0 bridgehead atoms. The third kappa shape index (κ3) is 5.29. The van der Waals surface area contributed by atoms with Crippen LogP contribution < -0.4 is 5.32 Å². The molecular weight excluding hydrogens is 281 g/mol. The molecule has 0 aliphatic heterocycles. The summed E-state index contributed by atoms with van der Waals surface area (Å²) in [6.45, 7) is 4.89. The Morgan fingerprint density at radius 2 is 2.00 bits per heavy atom. The number of halogens is 1. The summed E-state index contributed by atoms with van der Waals surface area (Å²) in [5, 5.41) is 20.8. The molecule has 3 N–H and O–H groups in total. The largest absolute Gasteiger partial charge is 0.508 e. The van der Waals surface area contributed by atoms with E-state index in [9.17, 15) is 19.1 Å². The first-order valence-electron chi connectivity index (χ1n) is 6.29. The maximum absolute atomic E-state index is 13.6. The van der Waals surface area contributed by atoms with E-state index < -0.39 is 35.9 Å². The fourth-order valence-electron chi connectivity index (χ4n) is 1.60. The Balaban J connectivity index is 2.84. The molecule has 6 nitrogen and oxygen atoms in total. The van der Waals surface area contributed by atoms with E-state index in [2.05, 4.69) is 5.32 Å². The zero-order valence-electron chi connectivity index (χ0n) is 12.0. The summed E-state index contributed by atoms with van der Waals surface area (Å²) in [5.41, 5.74) is -0.964. The highest BCUT2D eigenvalue weighted by Gasteiger charge is 2.26. The van der Waals surface area contributed by atoms with Crippen LogP contribution in [0.25, 0.3) is 0 Å². The van der Waals surface area contributed by atoms with Gasteiger partial charge in [-0.05, 0) is 32.9 Å². The Morgan fingerprint density at radius 1 is 1.38 bits per heavy atom. The van der Waals surface area contributed by atoms with Gasteiger partial charge >= 0.3 is 12.1 Å². The zero-order valence-corrected chi connectivity index (χ0v) is 12.0. The topological polar surface area (TPSA) is 95.9 Å². The number of hydrogen-bond acceptors (Lipinski definition) is 4. The standard InChI is InChI=1S/C14H18FNO5/c1-14(2,3)21-13(20)16-10(12(18)19)7-8-9(15)5-4-6-11(8)17/h4-6,10,17H,7H2,1-3H3,(H,16,20)(H,18,19)/t10-/m1/s1. The molecular formula is C14H18FNO5. The summed E-state index contributed by atoms with van der Waals surface area (Å²) < 4.78 is 18.5. The summed E-state index contributed by atoms with van der Waals surface area (Å²) in [7, 11) is 0. The van der Waals surface area contributed by atoms with Crippen molar-refractivity contribution in [2.24, 2.45) is 0 Å². The first-order valence-corrected chi connectivity index (χ1v) is 6.29. The minimum Gasteiger partial charge on any atom is -0.508 e. The summed E-state index contributed by atoms with van der Waals surface area (Å²) in [5.74, 6) is -2.47. The molecule has 0 heterocycles. The number of benzene rings is 1. The van der Waals surface area contributed by atoms with Gasteiger partial charge in [0, 0.05) is 12.0 Å². The molecule has 1 aromatic carbocycles. The van der Waals surface area contributed by atoms with Crippen LogP contribution in [0.2, 0.25) is 0 Å². The predicted octanol–water partition coefficient (Wildman–Crippen LogP) is 2.05. The normalized spacial score (nSPS) is 12.6. The third-order valence-electron chi connectivity index (χ3n) is 2.49. The van der Waals surface area contributed by atoms with Crippen LogP contribution in [-0.4, -0.2) is 33.9 Å². The molecule has 0 aliphatic rings. The van der Waals surface area contributed by atoms with E-state index >= 15 is 0 Å². The highest BCUT2D eigenvalue weighted by Crippen LogP contribution is 2.21. The molecule has 1 rings (SSSR count). The van der Waals surface area contributed by atoms with E-state index in [1.54, 1.807) is 20.8 Å². The lowest BCUT2D eigenvalue weighted by Gasteiger charge is -2.22. The number of ether oxygens (including phenoxy) is 1. The molecule has 0 spiro atoms. The Hall–Kier alpha value is -2.31. The van der Waals surface area contributed by atoms with Crippen LogP contribution in [0.15, 0.2) is 18.2 Å². The van der Waals surface area contributed by atoms with Crippen molar-refractivity contribution in [3.63, 3.8) is 0 Å². The predicted molar refractivity (Wildman–Crippen MR) is 72.6 cm³/mol. The Kier molecular flexibility index (Phi) is 5.12. The molecule has 1 aromatic rings. The molecule has 0 aliphatic carbocycles. The minimum absolute atomic E-state index is 0.180. The molecule has 21 heavy (non-hydrogen) atoms. The number of carbonyl (C=O) groups is 2. The highest BCUT2D eigenvalue weighted by molar-refractivity contribution is 5.80. The number of alkyl carbamates (subject to hydrolysis) is 1. The summed E-state index contributed by atoms with van der Waals surface area (Å²) in [4.78, 5) is 22.7. The van der Waals surface area contributed by atoms with Crippen LogP contribution in [-0.2, 0) is 16.0 Å². The Bertz CT molecular complexity index is 518. The van der Waals surface area contributed by atoms with Crippen molar-refractivity contribution in [2.45, 2.75) is 38.8 Å². The molecule has 0 unspecified atom stereocenters. The maximum Gasteiger partial charge on any atom is 0.408 e. The minimum atomic E-state index is -1.41. The molecule has 116 valence electrons. The van der Waals surface area contributed by atoms with Gasteiger partial charge < -0.3 is 20.3 Å². The molecule has 0 aromatic heterocycles. The number of phenols is 1. The second-order valence-electron chi connectivity index (χ2n) is 5.48.